The molecule has 0 aromatic heterocycles. The van der Waals surface area contributed by atoms with E-state index in [-0.39, 0.29) is 16.9 Å². The van der Waals surface area contributed by atoms with Crippen LogP contribution in [0.4, 0.5) is 5.69 Å². The third-order valence-electron chi connectivity index (χ3n) is 1.84. The Hall–Kier alpha value is -1.64. The van der Waals surface area contributed by atoms with Crippen molar-refractivity contribution < 1.29 is 14.8 Å². The average Bonchev–Trinajstić information content (AvgIpc) is 2.16. The van der Waals surface area contributed by atoms with Crippen molar-refractivity contribution in [2.75, 3.05) is 0 Å². The molecule has 0 unspecified atom stereocenters. The zero-order valence-electron chi connectivity index (χ0n) is 7.56. The zero-order valence-corrected chi connectivity index (χ0v) is 7.56. The molecule has 1 aromatic carbocycles. The Morgan fingerprint density at radius 1 is 1.50 bits per heavy atom. The topological polar surface area (TPSA) is 61.9 Å². The fourth-order valence-electron chi connectivity index (χ4n) is 1.08. The molecular formula is C9H8BNO3. The van der Waals surface area contributed by atoms with Crippen molar-refractivity contribution in [2.24, 2.45) is 0 Å². The smallest absolute Gasteiger partial charge is 0.424 e. The Balaban J connectivity index is 3.27. The zero-order chi connectivity index (χ0) is 10.7. The van der Waals surface area contributed by atoms with E-state index in [0.29, 0.717) is 5.56 Å². The van der Waals surface area contributed by atoms with Crippen LogP contribution in [0, 0.1) is 6.57 Å². The molecule has 1 aromatic rings. The molecule has 0 amide bonds. The van der Waals surface area contributed by atoms with Crippen molar-refractivity contribution in [3.05, 3.63) is 35.2 Å². The highest BCUT2D eigenvalue weighted by Gasteiger charge is 2.16. The average molecular weight is 189 g/mol. The lowest BCUT2D eigenvalue weighted by Gasteiger charge is -2.03. The maximum absolute atomic E-state index is 11.0. The van der Waals surface area contributed by atoms with E-state index in [9.17, 15) is 4.79 Å². The summed E-state index contributed by atoms with van der Waals surface area (Å²) in [6.07, 6.45) is 0. The number of hydrogen-bond acceptors (Lipinski definition) is 3. The first kappa shape index (κ1) is 10.4. The summed E-state index contributed by atoms with van der Waals surface area (Å²) in [6.45, 7) is 8.19. The van der Waals surface area contributed by atoms with Gasteiger partial charge in [0.1, 0.15) is 0 Å². The van der Waals surface area contributed by atoms with Crippen molar-refractivity contribution in [2.45, 2.75) is 6.92 Å². The van der Waals surface area contributed by atoms with Crippen LogP contribution in [-0.4, -0.2) is 22.9 Å². The van der Waals surface area contributed by atoms with Gasteiger partial charge in [0.05, 0.1) is 6.57 Å². The summed E-state index contributed by atoms with van der Waals surface area (Å²) in [5.74, 6) is -0.158. The minimum absolute atomic E-state index is 0.0905. The second kappa shape index (κ2) is 4.05. The van der Waals surface area contributed by atoms with Crippen LogP contribution in [0.2, 0.25) is 0 Å². The van der Waals surface area contributed by atoms with Crippen molar-refractivity contribution >= 4 is 24.1 Å². The molecule has 0 aliphatic heterocycles. The third kappa shape index (κ3) is 1.99. The van der Waals surface area contributed by atoms with Crippen molar-refractivity contribution in [3.63, 3.8) is 0 Å². The number of carbonyl (C=O) groups excluding carboxylic acids is 1. The van der Waals surface area contributed by atoms with Crippen molar-refractivity contribution in [1.29, 1.82) is 0 Å². The number of rotatable bonds is 2. The number of hydrogen-bond donors (Lipinski definition) is 2. The second-order valence-electron chi connectivity index (χ2n) is 2.82. The lowest BCUT2D eigenvalue weighted by Crippen LogP contribution is -2.30. The van der Waals surface area contributed by atoms with E-state index >= 15 is 0 Å². The highest BCUT2D eigenvalue weighted by Crippen LogP contribution is 2.12. The molecule has 5 heteroatoms. The Labute approximate surface area is 81.8 Å². The molecule has 0 fully saturated rings. The Morgan fingerprint density at radius 2 is 2.14 bits per heavy atom. The van der Waals surface area contributed by atoms with E-state index in [1.54, 1.807) is 0 Å². The van der Waals surface area contributed by atoms with E-state index < -0.39 is 7.12 Å². The summed E-state index contributed by atoms with van der Waals surface area (Å²) in [5.41, 5.74) is 0.595. The van der Waals surface area contributed by atoms with Gasteiger partial charge in [0.25, 0.3) is 0 Å². The molecular weight excluding hydrogens is 181 g/mol. The van der Waals surface area contributed by atoms with Crippen LogP contribution >= 0.6 is 0 Å². The maximum Gasteiger partial charge on any atom is 0.476 e. The quantitative estimate of drug-likeness (QED) is 0.394. The van der Waals surface area contributed by atoms with Crippen molar-refractivity contribution in [1.82, 2.24) is 0 Å². The minimum Gasteiger partial charge on any atom is -0.424 e. The molecule has 2 N–H and O–H groups in total. The summed E-state index contributed by atoms with van der Waals surface area (Å²) >= 11 is 0. The van der Waals surface area contributed by atoms with Gasteiger partial charge in [-0.3, -0.25) is 4.79 Å². The van der Waals surface area contributed by atoms with Gasteiger partial charge in [-0.15, -0.1) is 0 Å². The van der Waals surface area contributed by atoms with E-state index in [4.69, 9.17) is 16.6 Å². The van der Waals surface area contributed by atoms with E-state index in [2.05, 4.69) is 4.85 Å². The first-order valence-corrected chi connectivity index (χ1v) is 3.94. The summed E-state index contributed by atoms with van der Waals surface area (Å²) in [5, 5.41) is 17.8. The second-order valence-corrected chi connectivity index (χ2v) is 2.82. The van der Waals surface area contributed by atoms with E-state index in [1.165, 1.54) is 25.1 Å². The Morgan fingerprint density at radius 3 is 2.57 bits per heavy atom. The largest absolute Gasteiger partial charge is 0.476 e. The van der Waals surface area contributed by atoms with Crippen LogP contribution in [0.15, 0.2) is 18.2 Å². The first-order valence-electron chi connectivity index (χ1n) is 3.94. The lowest BCUT2D eigenvalue weighted by atomic mass is 9.78. The van der Waals surface area contributed by atoms with Crippen LogP contribution in [0.1, 0.15) is 17.3 Å². The molecule has 0 spiro atoms. The molecule has 0 aliphatic rings. The van der Waals surface area contributed by atoms with Gasteiger partial charge in [-0.1, -0.05) is 12.1 Å². The maximum atomic E-state index is 11.0. The Bertz CT molecular complexity index is 409. The monoisotopic (exact) mass is 189 g/mol. The summed E-state index contributed by atoms with van der Waals surface area (Å²) < 4.78 is 0. The molecule has 0 saturated carbocycles. The molecule has 0 bridgehead atoms. The molecule has 0 radical (unpaired) electrons. The molecule has 14 heavy (non-hydrogen) atoms. The van der Waals surface area contributed by atoms with Gasteiger partial charge in [-0.25, -0.2) is 4.85 Å². The van der Waals surface area contributed by atoms with Crippen molar-refractivity contribution in [3.8, 4) is 0 Å². The number of Topliss-reactive ketones (excluding diaryl/α,β-unsaturated/α-hetero) is 1. The highest BCUT2D eigenvalue weighted by atomic mass is 16.4. The molecule has 70 valence electrons. The molecule has 0 heterocycles. The van der Waals surface area contributed by atoms with Gasteiger partial charge in [0, 0.05) is 5.56 Å². The standard InChI is InChI=1S/C9H8BNO3/c1-6(12)7-3-4-8(10(13)14)9(5-7)11-2/h3-5,13-14H,1H3. The van der Waals surface area contributed by atoms with Gasteiger partial charge in [0.2, 0.25) is 0 Å². The van der Waals surface area contributed by atoms with Gasteiger partial charge in [0.15, 0.2) is 11.5 Å². The molecule has 0 saturated heterocycles. The minimum atomic E-state index is -1.68. The number of nitrogens with zero attached hydrogens (tertiary/aromatic N) is 1. The van der Waals surface area contributed by atoms with Gasteiger partial charge >= 0.3 is 7.12 Å². The summed E-state index contributed by atoms with van der Waals surface area (Å²) in [4.78, 5) is 14.1. The van der Waals surface area contributed by atoms with Crippen LogP contribution < -0.4 is 5.46 Å². The number of carbonyl (C=O) groups is 1. The lowest BCUT2D eigenvalue weighted by molar-refractivity contribution is 0.101. The molecule has 4 nitrogen and oxygen atoms in total. The van der Waals surface area contributed by atoms with Gasteiger partial charge < -0.3 is 10.0 Å². The highest BCUT2D eigenvalue weighted by molar-refractivity contribution is 6.60. The van der Waals surface area contributed by atoms with E-state index in [0.717, 1.165) is 0 Å². The number of ketones is 1. The SMILES string of the molecule is [C-]#[N+]c1cc(C(C)=O)ccc1B(O)O. The molecule has 1 rings (SSSR count). The predicted octanol–water partition coefficient (Wildman–Crippen LogP) is 0.120. The van der Waals surface area contributed by atoms with Crippen LogP contribution in [0.25, 0.3) is 4.85 Å². The predicted molar refractivity (Wildman–Crippen MR) is 52.5 cm³/mol. The van der Waals surface area contributed by atoms with Crippen LogP contribution in [0.5, 0.6) is 0 Å². The third-order valence-corrected chi connectivity index (χ3v) is 1.84. The summed E-state index contributed by atoms with van der Waals surface area (Å²) in [6, 6.07) is 4.19. The van der Waals surface area contributed by atoms with Gasteiger partial charge in [-0.05, 0) is 18.5 Å². The van der Waals surface area contributed by atoms with Gasteiger partial charge in [-0.2, -0.15) is 0 Å². The fraction of sp³-hybridized carbons (Fsp3) is 0.111. The first-order chi connectivity index (χ1) is 6.56. The van der Waals surface area contributed by atoms with E-state index in [1.807, 2.05) is 0 Å². The van der Waals surface area contributed by atoms with Crippen LogP contribution in [0.3, 0.4) is 0 Å². The summed E-state index contributed by atoms with van der Waals surface area (Å²) in [7, 11) is -1.68. The fourth-order valence-corrected chi connectivity index (χ4v) is 1.08. The molecule has 0 aliphatic carbocycles. The number of benzene rings is 1. The molecule has 0 atom stereocenters. The van der Waals surface area contributed by atoms with Crippen LogP contribution in [-0.2, 0) is 0 Å². The Kier molecular flexibility index (Phi) is 3.02. The normalized spacial score (nSPS) is 9.29.